The number of aromatic carboxylic acids is 1. The zero-order chi connectivity index (χ0) is 13.7. The second kappa shape index (κ2) is 5.62. The summed E-state index contributed by atoms with van der Waals surface area (Å²) in [5.41, 5.74) is 4.32. The topological polar surface area (TPSA) is 122 Å². The highest BCUT2D eigenvalue weighted by molar-refractivity contribution is 5.94. The van der Waals surface area contributed by atoms with Gasteiger partial charge in [-0.25, -0.2) is 14.0 Å². The molecule has 7 nitrogen and oxygen atoms in total. The van der Waals surface area contributed by atoms with Crippen LogP contribution in [0.15, 0.2) is 18.2 Å². The number of halogens is 1. The molecule has 0 spiro atoms. The molecule has 3 amide bonds. The van der Waals surface area contributed by atoms with Crippen molar-refractivity contribution in [2.45, 2.75) is 0 Å². The van der Waals surface area contributed by atoms with Crippen molar-refractivity contribution in [3.05, 3.63) is 29.6 Å². The molecule has 0 bridgehead atoms. The maximum atomic E-state index is 13.0. The van der Waals surface area contributed by atoms with Gasteiger partial charge in [0, 0.05) is 5.69 Å². The van der Waals surface area contributed by atoms with Gasteiger partial charge in [-0.1, -0.05) is 0 Å². The molecule has 0 saturated heterocycles. The third kappa shape index (κ3) is 3.74. The Morgan fingerprint density at radius 3 is 2.56 bits per heavy atom. The number of rotatable bonds is 4. The highest BCUT2D eigenvalue weighted by Crippen LogP contribution is 2.14. The minimum Gasteiger partial charge on any atom is -0.478 e. The molecule has 5 N–H and O–H groups in total. The molecule has 1 aromatic rings. The van der Waals surface area contributed by atoms with E-state index in [-0.39, 0.29) is 12.2 Å². The van der Waals surface area contributed by atoms with E-state index in [0.717, 1.165) is 12.1 Å². The number of nitrogens with one attached hydrogen (secondary N) is 2. The summed E-state index contributed by atoms with van der Waals surface area (Å²) in [6, 6.07) is 2.30. The molecule has 1 aromatic carbocycles. The van der Waals surface area contributed by atoms with E-state index in [2.05, 4.69) is 10.6 Å². The van der Waals surface area contributed by atoms with Crippen LogP contribution in [-0.2, 0) is 4.79 Å². The molecule has 0 fully saturated rings. The Bertz CT molecular complexity index is 504. The Morgan fingerprint density at radius 2 is 2.00 bits per heavy atom. The van der Waals surface area contributed by atoms with E-state index in [1.54, 1.807) is 0 Å². The number of nitrogens with two attached hydrogens (primary N) is 1. The van der Waals surface area contributed by atoms with Crippen LogP contribution in [0.25, 0.3) is 0 Å². The number of urea groups is 1. The number of benzene rings is 1. The monoisotopic (exact) mass is 255 g/mol. The number of primary amides is 1. The Balaban J connectivity index is 2.73. The Kier molecular flexibility index (Phi) is 4.19. The second-order valence-corrected chi connectivity index (χ2v) is 3.27. The van der Waals surface area contributed by atoms with Gasteiger partial charge in [0.05, 0.1) is 12.1 Å². The van der Waals surface area contributed by atoms with Crippen LogP contribution in [-0.4, -0.2) is 29.6 Å². The lowest BCUT2D eigenvalue weighted by atomic mass is 10.2. The summed E-state index contributed by atoms with van der Waals surface area (Å²) in [7, 11) is 0. The van der Waals surface area contributed by atoms with Gasteiger partial charge in [-0.05, 0) is 18.2 Å². The summed E-state index contributed by atoms with van der Waals surface area (Å²) in [6.45, 7) is -0.362. The predicted octanol–water partition coefficient (Wildman–Crippen LogP) is 0.131. The van der Waals surface area contributed by atoms with Gasteiger partial charge in [0.1, 0.15) is 5.82 Å². The molecule has 0 aliphatic carbocycles. The van der Waals surface area contributed by atoms with Crippen LogP contribution >= 0.6 is 0 Å². The normalized spacial score (nSPS) is 9.61. The van der Waals surface area contributed by atoms with Crippen LogP contribution in [0.1, 0.15) is 10.4 Å². The van der Waals surface area contributed by atoms with Crippen molar-refractivity contribution in [3.8, 4) is 0 Å². The number of carboxylic acids is 1. The van der Waals surface area contributed by atoms with Gasteiger partial charge >= 0.3 is 12.0 Å². The highest BCUT2D eigenvalue weighted by Gasteiger charge is 2.12. The van der Waals surface area contributed by atoms with Crippen molar-refractivity contribution in [1.29, 1.82) is 0 Å². The molecule has 0 heterocycles. The van der Waals surface area contributed by atoms with Gasteiger partial charge in [-0.15, -0.1) is 0 Å². The third-order valence-electron chi connectivity index (χ3n) is 1.88. The molecule has 0 unspecified atom stereocenters. The Morgan fingerprint density at radius 1 is 1.33 bits per heavy atom. The zero-order valence-electron chi connectivity index (χ0n) is 9.07. The van der Waals surface area contributed by atoms with Gasteiger partial charge in [-0.3, -0.25) is 4.79 Å². The molecule has 96 valence electrons. The summed E-state index contributed by atoms with van der Waals surface area (Å²) < 4.78 is 13.0. The quantitative estimate of drug-likeness (QED) is 0.610. The van der Waals surface area contributed by atoms with Crippen molar-refractivity contribution in [3.63, 3.8) is 0 Å². The standard InChI is InChI=1S/C10H10FN3O4/c11-7-2-1-5(3-6(7)9(16)17)14-10(18)13-4-8(12)15/h1-3H,4H2,(H2,12,15)(H,16,17)(H2,13,14,18). The van der Waals surface area contributed by atoms with Gasteiger partial charge in [-0.2, -0.15) is 0 Å². The minimum absolute atomic E-state index is 0.0794. The first-order chi connectivity index (χ1) is 8.40. The lowest BCUT2D eigenvalue weighted by molar-refractivity contribution is -0.117. The van der Waals surface area contributed by atoms with Crippen molar-refractivity contribution in [2.75, 3.05) is 11.9 Å². The van der Waals surface area contributed by atoms with Gasteiger partial charge in [0.15, 0.2) is 0 Å². The molecule has 8 heteroatoms. The van der Waals surface area contributed by atoms with Crippen LogP contribution in [0.2, 0.25) is 0 Å². The summed E-state index contributed by atoms with van der Waals surface area (Å²) >= 11 is 0. The summed E-state index contributed by atoms with van der Waals surface area (Å²) in [4.78, 5) is 32.3. The molecule has 0 aliphatic rings. The van der Waals surface area contributed by atoms with Crippen LogP contribution in [0.3, 0.4) is 0 Å². The first-order valence-corrected chi connectivity index (χ1v) is 4.76. The van der Waals surface area contributed by atoms with E-state index in [1.807, 2.05) is 0 Å². The molecule has 0 aliphatic heterocycles. The lowest BCUT2D eigenvalue weighted by Gasteiger charge is -2.07. The van der Waals surface area contributed by atoms with E-state index in [4.69, 9.17) is 10.8 Å². The first-order valence-electron chi connectivity index (χ1n) is 4.76. The van der Waals surface area contributed by atoms with Gasteiger partial charge in [0.2, 0.25) is 5.91 Å². The van der Waals surface area contributed by atoms with Crippen LogP contribution < -0.4 is 16.4 Å². The average Bonchev–Trinajstić information content (AvgIpc) is 2.28. The van der Waals surface area contributed by atoms with E-state index in [9.17, 15) is 18.8 Å². The van der Waals surface area contributed by atoms with Crippen molar-refractivity contribution in [2.24, 2.45) is 5.73 Å². The van der Waals surface area contributed by atoms with Crippen molar-refractivity contribution in [1.82, 2.24) is 5.32 Å². The predicted molar refractivity (Wildman–Crippen MR) is 59.6 cm³/mol. The SMILES string of the molecule is NC(=O)CNC(=O)Nc1ccc(F)c(C(=O)O)c1. The molecule has 0 aromatic heterocycles. The number of carbonyl (C=O) groups is 3. The number of hydrogen-bond donors (Lipinski definition) is 4. The second-order valence-electron chi connectivity index (χ2n) is 3.27. The van der Waals surface area contributed by atoms with E-state index in [0.29, 0.717) is 0 Å². The third-order valence-corrected chi connectivity index (χ3v) is 1.88. The Hall–Kier alpha value is -2.64. The molecule has 18 heavy (non-hydrogen) atoms. The fourth-order valence-corrected chi connectivity index (χ4v) is 1.11. The Labute approximate surface area is 101 Å². The summed E-state index contributed by atoms with van der Waals surface area (Å²) in [5.74, 6) is -3.09. The number of hydrogen-bond acceptors (Lipinski definition) is 3. The maximum absolute atomic E-state index is 13.0. The zero-order valence-corrected chi connectivity index (χ0v) is 9.07. The van der Waals surface area contributed by atoms with Crippen LogP contribution in [0.4, 0.5) is 14.9 Å². The summed E-state index contributed by atoms with van der Waals surface area (Å²) in [5, 5.41) is 13.0. The minimum atomic E-state index is -1.45. The van der Waals surface area contributed by atoms with Crippen LogP contribution in [0.5, 0.6) is 0 Å². The number of carboxylic acid groups (broad SMARTS) is 1. The van der Waals surface area contributed by atoms with E-state index in [1.165, 1.54) is 6.07 Å². The number of amides is 3. The van der Waals surface area contributed by atoms with Crippen LogP contribution in [0, 0.1) is 5.82 Å². The van der Waals surface area contributed by atoms with E-state index >= 15 is 0 Å². The highest BCUT2D eigenvalue weighted by atomic mass is 19.1. The molecule has 1 rings (SSSR count). The average molecular weight is 255 g/mol. The van der Waals surface area contributed by atoms with Crippen molar-refractivity contribution < 1.29 is 23.9 Å². The van der Waals surface area contributed by atoms with Crippen molar-refractivity contribution >= 4 is 23.6 Å². The molecule has 0 saturated carbocycles. The molecule has 0 radical (unpaired) electrons. The molecular formula is C10H10FN3O4. The smallest absolute Gasteiger partial charge is 0.338 e. The van der Waals surface area contributed by atoms with E-state index < -0.39 is 29.3 Å². The summed E-state index contributed by atoms with van der Waals surface area (Å²) in [6.07, 6.45) is 0. The largest absolute Gasteiger partial charge is 0.478 e. The molecule has 0 atom stereocenters. The first kappa shape index (κ1) is 13.4. The van der Waals surface area contributed by atoms with Gasteiger partial charge in [0.25, 0.3) is 0 Å². The molecular weight excluding hydrogens is 245 g/mol. The fourth-order valence-electron chi connectivity index (χ4n) is 1.11. The van der Waals surface area contributed by atoms with Gasteiger partial charge < -0.3 is 21.5 Å². The maximum Gasteiger partial charge on any atom is 0.338 e. The fraction of sp³-hybridized carbons (Fsp3) is 0.100. The number of carbonyl (C=O) groups excluding carboxylic acids is 2. The number of anilines is 1. The lowest BCUT2D eigenvalue weighted by Crippen LogP contribution is -2.36.